The van der Waals surface area contributed by atoms with Gasteiger partial charge in [0.1, 0.15) is 21.5 Å². The minimum Gasteiger partial charge on any atom is -0.392 e. The van der Waals surface area contributed by atoms with Crippen molar-refractivity contribution in [1.82, 2.24) is 0 Å². The number of hydrogen-bond acceptors (Lipinski definition) is 4. The summed E-state index contributed by atoms with van der Waals surface area (Å²) in [7, 11) is -4.07. The third-order valence-electron chi connectivity index (χ3n) is 2.28. The summed E-state index contributed by atoms with van der Waals surface area (Å²) >= 11 is 0.857. The number of benzene rings is 1. The van der Waals surface area contributed by atoms with Crippen LogP contribution in [0.5, 0.6) is 0 Å². The maximum atomic E-state index is 13.4. The normalized spacial score (nSPS) is 11.5. The molecule has 8 heteroatoms. The molecule has 0 saturated carbocycles. The van der Waals surface area contributed by atoms with Gasteiger partial charge in [-0.2, -0.15) is 0 Å². The average molecular weight is 305 g/mol. The second-order valence-corrected chi connectivity index (χ2v) is 6.45. The first-order valence-electron chi connectivity index (χ1n) is 5.09. The van der Waals surface area contributed by atoms with E-state index in [-0.39, 0.29) is 10.8 Å². The minimum absolute atomic E-state index is 0.126. The number of sulfonamides is 1. The van der Waals surface area contributed by atoms with Gasteiger partial charge in [-0.15, -0.1) is 11.3 Å². The smallest absolute Gasteiger partial charge is 0.271 e. The summed E-state index contributed by atoms with van der Waals surface area (Å²) in [5.41, 5.74) is -0.305. The molecule has 1 aromatic carbocycles. The van der Waals surface area contributed by atoms with E-state index in [9.17, 15) is 17.2 Å². The van der Waals surface area contributed by atoms with Crippen LogP contribution in [-0.2, 0) is 16.6 Å². The van der Waals surface area contributed by atoms with E-state index in [4.69, 9.17) is 5.11 Å². The molecule has 0 radical (unpaired) electrons. The third kappa shape index (κ3) is 2.91. The first-order chi connectivity index (χ1) is 8.94. The van der Waals surface area contributed by atoms with Crippen molar-refractivity contribution >= 4 is 27.0 Å². The zero-order chi connectivity index (χ0) is 14.0. The highest BCUT2D eigenvalue weighted by Gasteiger charge is 2.20. The Balaban J connectivity index is 2.36. The highest BCUT2D eigenvalue weighted by Crippen LogP contribution is 2.25. The molecule has 0 aliphatic heterocycles. The van der Waals surface area contributed by atoms with E-state index in [2.05, 4.69) is 0 Å². The number of halogens is 2. The summed E-state index contributed by atoms with van der Waals surface area (Å²) < 4.78 is 52.3. The Morgan fingerprint density at radius 3 is 2.42 bits per heavy atom. The molecule has 1 aromatic heterocycles. The molecule has 0 fully saturated rings. The lowest BCUT2D eigenvalue weighted by Gasteiger charge is -2.07. The van der Waals surface area contributed by atoms with E-state index < -0.39 is 27.3 Å². The minimum atomic E-state index is -4.07. The fourth-order valence-electron chi connectivity index (χ4n) is 1.36. The Kier molecular flexibility index (Phi) is 3.83. The number of para-hydroxylation sites is 1. The Labute approximate surface area is 112 Å². The van der Waals surface area contributed by atoms with Gasteiger partial charge in [0, 0.05) is 0 Å². The highest BCUT2D eigenvalue weighted by molar-refractivity contribution is 7.94. The summed E-state index contributed by atoms with van der Waals surface area (Å²) in [4.78, 5) is 0. The number of thiophene rings is 1. The maximum Gasteiger partial charge on any atom is 0.271 e. The lowest BCUT2D eigenvalue weighted by Crippen LogP contribution is -2.14. The summed E-state index contributed by atoms with van der Waals surface area (Å²) in [5.74, 6) is -2.00. The maximum absolute atomic E-state index is 13.4. The van der Waals surface area contributed by atoms with Gasteiger partial charge in [-0.05, 0) is 29.1 Å². The van der Waals surface area contributed by atoms with Crippen molar-refractivity contribution in [3.05, 3.63) is 46.8 Å². The molecule has 0 saturated heterocycles. The number of nitrogens with one attached hydrogen (secondary N) is 1. The van der Waals surface area contributed by atoms with E-state index in [1.807, 2.05) is 4.72 Å². The summed E-state index contributed by atoms with van der Waals surface area (Å²) in [6.07, 6.45) is 0. The van der Waals surface area contributed by atoms with E-state index >= 15 is 0 Å². The van der Waals surface area contributed by atoms with Crippen molar-refractivity contribution in [3.63, 3.8) is 0 Å². The van der Waals surface area contributed by atoms with Crippen molar-refractivity contribution < 1.29 is 22.3 Å². The quantitative estimate of drug-likeness (QED) is 0.911. The van der Waals surface area contributed by atoms with Gasteiger partial charge in [0.05, 0.1) is 6.61 Å². The average Bonchev–Trinajstić information content (AvgIpc) is 2.83. The van der Waals surface area contributed by atoms with Crippen LogP contribution in [0.15, 0.2) is 33.9 Å². The molecule has 0 bridgehead atoms. The van der Waals surface area contributed by atoms with Crippen molar-refractivity contribution in [2.75, 3.05) is 4.72 Å². The molecular weight excluding hydrogens is 296 g/mol. The molecule has 1 heterocycles. The first-order valence-corrected chi connectivity index (χ1v) is 7.45. The van der Waals surface area contributed by atoms with Crippen LogP contribution in [0.4, 0.5) is 14.5 Å². The Hall–Kier alpha value is -1.51. The molecule has 0 unspecified atom stereocenters. The van der Waals surface area contributed by atoms with E-state index in [0.717, 1.165) is 29.5 Å². The van der Waals surface area contributed by atoms with Crippen molar-refractivity contribution in [1.29, 1.82) is 0 Å². The SMILES string of the molecule is O=S(=O)(Nc1c(F)cccc1F)c1cc(CO)cs1. The zero-order valence-electron chi connectivity index (χ0n) is 9.43. The number of hydrogen-bond donors (Lipinski definition) is 2. The molecule has 2 aromatic rings. The van der Waals surface area contributed by atoms with Crippen LogP contribution >= 0.6 is 11.3 Å². The molecule has 19 heavy (non-hydrogen) atoms. The molecule has 0 aliphatic rings. The van der Waals surface area contributed by atoms with Crippen LogP contribution in [0.2, 0.25) is 0 Å². The molecule has 0 atom stereocenters. The van der Waals surface area contributed by atoms with Crippen LogP contribution in [0.3, 0.4) is 0 Å². The van der Waals surface area contributed by atoms with Gasteiger partial charge in [-0.3, -0.25) is 4.72 Å². The van der Waals surface area contributed by atoms with Gasteiger partial charge < -0.3 is 5.11 Å². The fraction of sp³-hybridized carbons (Fsp3) is 0.0909. The predicted molar refractivity (Wildman–Crippen MR) is 67.4 cm³/mol. The van der Waals surface area contributed by atoms with Crippen LogP contribution in [0, 0.1) is 11.6 Å². The molecule has 2 rings (SSSR count). The number of aliphatic hydroxyl groups excluding tert-OH is 1. The summed E-state index contributed by atoms with van der Waals surface area (Å²) in [5, 5.41) is 10.3. The van der Waals surface area contributed by atoms with Gasteiger partial charge in [-0.1, -0.05) is 6.07 Å². The lowest BCUT2D eigenvalue weighted by atomic mass is 10.3. The number of anilines is 1. The van der Waals surface area contributed by atoms with Crippen molar-refractivity contribution in [2.45, 2.75) is 10.8 Å². The topological polar surface area (TPSA) is 66.4 Å². The molecule has 102 valence electrons. The van der Waals surface area contributed by atoms with Crippen LogP contribution in [-0.4, -0.2) is 13.5 Å². The first kappa shape index (κ1) is 13.9. The third-order valence-corrected chi connectivity index (χ3v) is 5.11. The van der Waals surface area contributed by atoms with E-state index in [1.54, 1.807) is 0 Å². The van der Waals surface area contributed by atoms with Crippen molar-refractivity contribution in [2.24, 2.45) is 0 Å². The lowest BCUT2D eigenvalue weighted by molar-refractivity contribution is 0.282. The zero-order valence-corrected chi connectivity index (χ0v) is 11.1. The van der Waals surface area contributed by atoms with Crippen LogP contribution < -0.4 is 4.72 Å². The van der Waals surface area contributed by atoms with Crippen molar-refractivity contribution in [3.8, 4) is 0 Å². The van der Waals surface area contributed by atoms with Gasteiger partial charge in [0.25, 0.3) is 10.0 Å². The standard InChI is InChI=1S/C11H9F2NO3S2/c12-8-2-1-3-9(13)11(8)14-19(16,17)10-4-7(5-15)6-18-10/h1-4,6,14-15H,5H2. The molecule has 0 amide bonds. The monoisotopic (exact) mass is 305 g/mol. The molecular formula is C11H9F2NO3S2. The highest BCUT2D eigenvalue weighted by atomic mass is 32.2. The van der Waals surface area contributed by atoms with E-state index in [1.165, 1.54) is 11.4 Å². The second kappa shape index (κ2) is 5.24. The molecule has 0 aliphatic carbocycles. The summed E-state index contributed by atoms with van der Waals surface area (Å²) in [6, 6.07) is 4.28. The second-order valence-electron chi connectivity index (χ2n) is 3.63. The number of aliphatic hydroxyl groups is 1. The summed E-state index contributed by atoms with van der Waals surface area (Å²) in [6.45, 7) is -0.305. The molecule has 4 nitrogen and oxygen atoms in total. The van der Waals surface area contributed by atoms with E-state index in [0.29, 0.717) is 5.56 Å². The van der Waals surface area contributed by atoms with Gasteiger partial charge in [0.15, 0.2) is 0 Å². The van der Waals surface area contributed by atoms with Gasteiger partial charge >= 0.3 is 0 Å². The number of rotatable bonds is 4. The molecule has 0 spiro atoms. The predicted octanol–water partition coefficient (Wildman–Crippen LogP) is 2.32. The largest absolute Gasteiger partial charge is 0.392 e. The van der Waals surface area contributed by atoms with Gasteiger partial charge in [0.2, 0.25) is 0 Å². The van der Waals surface area contributed by atoms with Crippen LogP contribution in [0.1, 0.15) is 5.56 Å². The fourth-order valence-corrected chi connectivity index (χ4v) is 3.63. The Morgan fingerprint density at radius 1 is 1.26 bits per heavy atom. The Bertz CT molecular complexity index is 677. The molecule has 2 N–H and O–H groups in total. The van der Waals surface area contributed by atoms with Crippen LogP contribution in [0.25, 0.3) is 0 Å². The Morgan fingerprint density at radius 2 is 1.89 bits per heavy atom. The van der Waals surface area contributed by atoms with Gasteiger partial charge in [-0.25, -0.2) is 17.2 Å².